The van der Waals surface area contributed by atoms with E-state index in [9.17, 15) is 0 Å². The number of alkyl halides is 1. The molecule has 1 rings (SSSR count). The summed E-state index contributed by atoms with van der Waals surface area (Å²) in [6, 6.07) is 5.95. The zero-order chi connectivity index (χ0) is 12.0. The van der Waals surface area contributed by atoms with E-state index in [0.29, 0.717) is 11.8 Å². The summed E-state index contributed by atoms with van der Waals surface area (Å²) in [5, 5.41) is 0. The lowest BCUT2D eigenvalue weighted by molar-refractivity contribution is 0.269. The lowest BCUT2D eigenvalue weighted by Crippen LogP contribution is -2.05. The summed E-state index contributed by atoms with van der Waals surface area (Å²) >= 11 is 5.51. The summed E-state index contributed by atoms with van der Waals surface area (Å²) in [7, 11) is 0. The van der Waals surface area contributed by atoms with Crippen LogP contribution in [0.1, 0.15) is 25.0 Å². The Balaban J connectivity index is 2.75. The molecule has 0 saturated heterocycles. The molecule has 2 heteroatoms. The first-order valence-electron chi connectivity index (χ1n) is 5.41. The largest absolute Gasteiger partial charge is 0.493 e. The second-order valence-corrected chi connectivity index (χ2v) is 4.39. The van der Waals surface area contributed by atoms with Gasteiger partial charge in [-0.15, -0.1) is 11.6 Å². The van der Waals surface area contributed by atoms with Gasteiger partial charge in [0.05, 0.1) is 12.5 Å². The summed E-state index contributed by atoms with van der Waals surface area (Å²) in [5.74, 6) is 7.66. The fraction of sp³-hybridized carbons (Fsp3) is 0.429. The van der Waals surface area contributed by atoms with E-state index in [2.05, 4.69) is 25.7 Å². The van der Waals surface area contributed by atoms with Gasteiger partial charge in [-0.05, 0) is 36.6 Å². The van der Waals surface area contributed by atoms with Crippen LogP contribution in [0, 0.1) is 24.7 Å². The molecule has 0 aliphatic rings. The van der Waals surface area contributed by atoms with E-state index in [-0.39, 0.29) is 0 Å². The fourth-order valence-corrected chi connectivity index (χ4v) is 1.35. The molecule has 0 radical (unpaired) electrons. The molecule has 0 spiro atoms. The van der Waals surface area contributed by atoms with Crippen molar-refractivity contribution < 1.29 is 4.74 Å². The molecular weight excluding hydrogens is 220 g/mol. The Morgan fingerprint density at radius 1 is 1.38 bits per heavy atom. The van der Waals surface area contributed by atoms with Crippen LogP contribution in [-0.4, -0.2) is 12.5 Å². The summed E-state index contributed by atoms with van der Waals surface area (Å²) in [4.78, 5) is 0. The molecule has 0 aliphatic carbocycles. The monoisotopic (exact) mass is 236 g/mol. The van der Waals surface area contributed by atoms with Gasteiger partial charge in [-0.1, -0.05) is 25.7 Å². The van der Waals surface area contributed by atoms with Crippen LogP contribution in [0.2, 0.25) is 0 Å². The van der Waals surface area contributed by atoms with Crippen molar-refractivity contribution in [1.82, 2.24) is 0 Å². The maximum atomic E-state index is 5.68. The average molecular weight is 237 g/mol. The van der Waals surface area contributed by atoms with Gasteiger partial charge >= 0.3 is 0 Å². The van der Waals surface area contributed by atoms with E-state index in [1.807, 2.05) is 25.1 Å². The summed E-state index contributed by atoms with van der Waals surface area (Å²) in [5.41, 5.74) is 2.09. The van der Waals surface area contributed by atoms with Crippen LogP contribution in [0.15, 0.2) is 18.2 Å². The van der Waals surface area contributed by atoms with Crippen LogP contribution >= 0.6 is 11.6 Å². The van der Waals surface area contributed by atoms with Gasteiger partial charge in [0.1, 0.15) is 5.75 Å². The van der Waals surface area contributed by atoms with Crippen molar-refractivity contribution in [3.8, 4) is 17.6 Å². The Kier molecular flexibility index (Phi) is 5.22. The molecule has 0 N–H and O–H groups in total. The molecular formula is C14H17ClO. The normalized spacial score (nSPS) is 9.81. The third-order valence-electron chi connectivity index (χ3n) is 2.05. The third-order valence-corrected chi connectivity index (χ3v) is 2.18. The first-order valence-corrected chi connectivity index (χ1v) is 5.95. The molecule has 0 atom stereocenters. The highest BCUT2D eigenvalue weighted by atomic mass is 35.5. The Labute approximate surface area is 103 Å². The number of hydrogen-bond donors (Lipinski definition) is 0. The highest BCUT2D eigenvalue weighted by molar-refractivity contribution is 6.19. The van der Waals surface area contributed by atoms with Crippen LogP contribution in [0.5, 0.6) is 5.75 Å². The number of ether oxygens (including phenoxy) is 1. The van der Waals surface area contributed by atoms with Crippen molar-refractivity contribution in [1.29, 1.82) is 0 Å². The first-order chi connectivity index (χ1) is 7.63. The standard InChI is InChI=1S/C14H17ClO/c1-11(2)10-16-14-7-6-13(5-4-8-15)9-12(14)3/h6-7,9,11H,8,10H2,1-3H3. The maximum Gasteiger partial charge on any atom is 0.122 e. The molecule has 0 bridgehead atoms. The van der Waals surface area contributed by atoms with Crippen molar-refractivity contribution in [2.75, 3.05) is 12.5 Å². The molecule has 0 heterocycles. The molecule has 0 aliphatic heterocycles. The average Bonchev–Trinajstić information content (AvgIpc) is 2.24. The SMILES string of the molecule is Cc1cc(C#CCCl)ccc1OCC(C)C. The second kappa shape index (κ2) is 6.45. The van der Waals surface area contributed by atoms with E-state index in [1.54, 1.807) is 0 Å². The molecule has 0 aromatic heterocycles. The Morgan fingerprint density at radius 3 is 2.69 bits per heavy atom. The smallest absolute Gasteiger partial charge is 0.122 e. The Bertz CT molecular complexity index is 399. The number of aryl methyl sites for hydroxylation is 1. The van der Waals surface area contributed by atoms with Gasteiger partial charge in [0, 0.05) is 5.56 Å². The van der Waals surface area contributed by atoms with Crippen molar-refractivity contribution in [3.63, 3.8) is 0 Å². The fourth-order valence-electron chi connectivity index (χ4n) is 1.28. The molecule has 86 valence electrons. The van der Waals surface area contributed by atoms with Crippen LogP contribution in [0.4, 0.5) is 0 Å². The predicted octanol–water partition coefficient (Wildman–Crippen LogP) is 3.62. The van der Waals surface area contributed by atoms with E-state index in [1.165, 1.54) is 0 Å². The zero-order valence-electron chi connectivity index (χ0n) is 10.0. The number of hydrogen-bond acceptors (Lipinski definition) is 1. The van der Waals surface area contributed by atoms with Gasteiger partial charge in [0.15, 0.2) is 0 Å². The molecule has 1 aromatic rings. The summed E-state index contributed by atoms with van der Waals surface area (Å²) in [6.07, 6.45) is 0. The quantitative estimate of drug-likeness (QED) is 0.575. The van der Waals surface area contributed by atoms with Gasteiger partial charge in [-0.3, -0.25) is 0 Å². The summed E-state index contributed by atoms with van der Waals surface area (Å²) < 4.78 is 5.68. The van der Waals surface area contributed by atoms with Crippen molar-refractivity contribution in [3.05, 3.63) is 29.3 Å². The van der Waals surface area contributed by atoms with Crippen molar-refractivity contribution in [2.24, 2.45) is 5.92 Å². The van der Waals surface area contributed by atoms with Crippen LogP contribution in [0.3, 0.4) is 0 Å². The second-order valence-electron chi connectivity index (χ2n) is 4.12. The highest BCUT2D eigenvalue weighted by Gasteiger charge is 2.01. The van der Waals surface area contributed by atoms with Gasteiger partial charge in [0.2, 0.25) is 0 Å². The molecule has 0 amide bonds. The maximum absolute atomic E-state index is 5.68. The van der Waals surface area contributed by atoms with E-state index in [0.717, 1.165) is 23.5 Å². The van der Waals surface area contributed by atoms with E-state index in [4.69, 9.17) is 16.3 Å². The van der Waals surface area contributed by atoms with Gasteiger partial charge < -0.3 is 4.74 Å². The molecule has 0 unspecified atom stereocenters. The van der Waals surface area contributed by atoms with Gasteiger partial charge in [0.25, 0.3) is 0 Å². The van der Waals surface area contributed by atoms with Crippen molar-refractivity contribution >= 4 is 11.6 Å². The number of rotatable bonds is 3. The topological polar surface area (TPSA) is 9.23 Å². The molecule has 16 heavy (non-hydrogen) atoms. The number of benzene rings is 1. The van der Waals surface area contributed by atoms with Gasteiger partial charge in [-0.2, -0.15) is 0 Å². The van der Waals surface area contributed by atoms with Crippen LogP contribution < -0.4 is 4.74 Å². The minimum atomic E-state index is 0.366. The highest BCUT2D eigenvalue weighted by Crippen LogP contribution is 2.19. The first kappa shape index (κ1) is 12.9. The third kappa shape index (κ3) is 4.16. The summed E-state index contributed by atoms with van der Waals surface area (Å²) in [6.45, 7) is 7.04. The van der Waals surface area contributed by atoms with Crippen LogP contribution in [-0.2, 0) is 0 Å². The minimum absolute atomic E-state index is 0.366. The van der Waals surface area contributed by atoms with Crippen molar-refractivity contribution in [2.45, 2.75) is 20.8 Å². The van der Waals surface area contributed by atoms with E-state index >= 15 is 0 Å². The molecule has 0 fully saturated rings. The molecule has 0 saturated carbocycles. The number of halogens is 1. The minimum Gasteiger partial charge on any atom is -0.493 e. The lowest BCUT2D eigenvalue weighted by atomic mass is 10.1. The van der Waals surface area contributed by atoms with Gasteiger partial charge in [-0.25, -0.2) is 0 Å². The Hall–Kier alpha value is -1.13. The van der Waals surface area contributed by atoms with Crippen LogP contribution in [0.25, 0.3) is 0 Å². The zero-order valence-corrected chi connectivity index (χ0v) is 10.8. The molecule has 1 nitrogen and oxygen atoms in total. The Morgan fingerprint density at radius 2 is 2.12 bits per heavy atom. The molecule has 1 aromatic carbocycles. The lowest BCUT2D eigenvalue weighted by Gasteiger charge is -2.11. The predicted molar refractivity (Wildman–Crippen MR) is 69.1 cm³/mol. The van der Waals surface area contributed by atoms with E-state index < -0.39 is 0 Å².